The van der Waals surface area contributed by atoms with Gasteiger partial charge >= 0.3 is 17.9 Å². The van der Waals surface area contributed by atoms with Gasteiger partial charge in [0, 0.05) is 0 Å². The fourth-order valence-electron chi connectivity index (χ4n) is 1.95. The van der Waals surface area contributed by atoms with Crippen LogP contribution in [0.15, 0.2) is 4.52 Å². The molecule has 0 unspecified atom stereocenters. The van der Waals surface area contributed by atoms with Crippen molar-refractivity contribution in [2.75, 3.05) is 0 Å². The van der Waals surface area contributed by atoms with Crippen LogP contribution in [0.25, 0.3) is 0 Å². The number of hydrogen-bond acceptors (Lipinski definition) is 6. The van der Waals surface area contributed by atoms with Gasteiger partial charge in [-0.25, -0.2) is 4.79 Å². The molecule has 1 aromatic heterocycles. The molecule has 3 N–H and O–H groups in total. The highest BCUT2D eigenvalue weighted by molar-refractivity contribution is 5.87. The third kappa shape index (κ3) is 2.89. The second kappa shape index (κ2) is 4.77. The first-order valence-corrected chi connectivity index (χ1v) is 6.37. The molecule has 0 spiro atoms. The highest BCUT2D eigenvalue weighted by Gasteiger charge is 2.45. The van der Waals surface area contributed by atoms with Crippen LogP contribution in [0.2, 0.25) is 0 Å². The summed E-state index contributed by atoms with van der Waals surface area (Å²) >= 11 is 0. The molecule has 0 radical (unpaired) electrons. The number of carbonyl (C=O) groups excluding carboxylic acids is 2. The third-order valence-corrected chi connectivity index (χ3v) is 3.01. The molecule has 1 heterocycles. The van der Waals surface area contributed by atoms with Crippen LogP contribution in [0, 0.1) is 0 Å². The number of aromatic nitrogens is 2. The summed E-state index contributed by atoms with van der Waals surface area (Å²) in [6, 6.07) is 0. The largest absolute Gasteiger partial charge is 0.444 e. The number of amides is 2. The van der Waals surface area contributed by atoms with Crippen molar-refractivity contribution in [1.82, 2.24) is 15.5 Å². The standard InChI is InChI=1S/C12H18N4O4/c1-11(2,3)19-10(18)15-12(5-4-6-12)9-14-8(7(13)17)20-16-9/h4-6H2,1-3H3,(H2,13,17)(H,15,18). The molecule has 2 rings (SSSR count). The Hall–Kier alpha value is -2.12. The Morgan fingerprint density at radius 3 is 2.45 bits per heavy atom. The number of rotatable bonds is 3. The predicted molar refractivity (Wildman–Crippen MR) is 67.7 cm³/mol. The zero-order valence-corrected chi connectivity index (χ0v) is 11.7. The Labute approximate surface area is 116 Å². The van der Waals surface area contributed by atoms with E-state index in [-0.39, 0.29) is 11.7 Å². The number of carbonyl (C=O) groups is 2. The van der Waals surface area contributed by atoms with E-state index in [1.165, 1.54) is 0 Å². The Kier molecular flexibility index (Phi) is 3.41. The van der Waals surface area contributed by atoms with Gasteiger partial charge in [-0.05, 0) is 40.0 Å². The van der Waals surface area contributed by atoms with Crippen LogP contribution in [0.3, 0.4) is 0 Å². The van der Waals surface area contributed by atoms with Gasteiger partial charge in [-0.15, -0.1) is 0 Å². The maximum atomic E-state index is 11.9. The first kappa shape index (κ1) is 14.3. The van der Waals surface area contributed by atoms with Gasteiger partial charge in [-0.1, -0.05) is 5.16 Å². The van der Waals surface area contributed by atoms with Gasteiger partial charge in [-0.2, -0.15) is 4.98 Å². The van der Waals surface area contributed by atoms with E-state index in [9.17, 15) is 9.59 Å². The van der Waals surface area contributed by atoms with Gasteiger partial charge < -0.3 is 20.3 Å². The van der Waals surface area contributed by atoms with E-state index in [0.29, 0.717) is 12.8 Å². The lowest BCUT2D eigenvalue weighted by Crippen LogP contribution is -2.52. The SMILES string of the molecule is CC(C)(C)OC(=O)NC1(c2noc(C(N)=O)n2)CCC1. The summed E-state index contributed by atoms with van der Waals surface area (Å²) in [6.07, 6.45) is 1.67. The molecule has 2 amide bonds. The van der Waals surface area contributed by atoms with Crippen molar-refractivity contribution in [1.29, 1.82) is 0 Å². The molecule has 1 fully saturated rings. The third-order valence-electron chi connectivity index (χ3n) is 3.01. The molecule has 1 aliphatic carbocycles. The van der Waals surface area contributed by atoms with Gasteiger partial charge in [0.2, 0.25) is 0 Å². The van der Waals surface area contributed by atoms with Crippen molar-refractivity contribution in [3.63, 3.8) is 0 Å². The first-order chi connectivity index (χ1) is 9.22. The van der Waals surface area contributed by atoms with Crippen LogP contribution in [0.5, 0.6) is 0 Å². The molecule has 1 saturated carbocycles. The molecule has 1 aromatic rings. The number of alkyl carbamates (subject to hydrolysis) is 1. The van der Waals surface area contributed by atoms with Crippen LogP contribution in [-0.2, 0) is 10.3 Å². The lowest BCUT2D eigenvalue weighted by Gasteiger charge is -2.39. The van der Waals surface area contributed by atoms with Crippen molar-refractivity contribution >= 4 is 12.0 Å². The summed E-state index contributed by atoms with van der Waals surface area (Å²) in [5, 5.41) is 6.48. The summed E-state index contributed by atoms with van der Waals surface area (Å²) < 4.78 is 9.98. The maximum Gasteiger partial charge on any atom is 0.408 e. The number of nitrogens with two attached hydrogens (primary N) is 1. The molecule has 8 nitrogen and oxygen atoms in total. The minimum atomic E-state index is -0.796. The molecule has 20 heavy (non-hydrogen) atoms. The average molecular weight is 282 g/mol. The topological polar surface area (TPSA) is 120 Å². The Morgan fingerprint density at radius 2 is 2.05 bits per heavy atom. The molecular weight excluding hydrogens is 264 g/mol. The number of primary amides is 1. The van der Waals surface area contributed by atoms with Gasteiger partial charge in [0.1, 0.15) is 11.1 Å². The summed E-state index contributed by atoms with van der Waals surface area (Å²) in [5.41, 5.74) is 3.74. The van der Waals surface area contributed by atoms with E-state index in [1.54, 1.807) is 20.8 Å². The zero-order valence-electron chi connectivity index (χ0n) is 11.7. The number of nitrogens with zero attached hydrogens (tertiary/aromatic N) is 2. The van der Waals surface area contributed by atoms with Crippen molar-refractivity contribution < 1.29 is 18.8 Å². The highest BCUT2D eigenvalue weighted by Crippen LogP contribution is 2.39. The summed E-state index contributed by atoms with van der Waals surface area (Å²) in [5.74, 6) is -0.809. The smallest absolute Gasteiger partial charge is 0.408 e. The van der Waals surface area contributed by atoms with Crippen LogP contribution in [0.1, 0.15) is 56.5 Å². The van der Waals surface area contributed by atoms with Crippen molar-refractivity contribution in [2.45, 2.75) is 51.2 Å². The normalized spacial score (nSPS) is 17.1. The molecule has 0 aliphatic heterocycles. The van der Waals surface area contributed by atoms with Crippen molar-refractivity contribution in [3.05, 3.63) is 11.7 Å². The van der Waals surface area contributed by atoms with E-state index in [4.69, 9.17) is 15.0 Å². The van der Waals surface area contributed by atoms with E-state index < -0.39 is 23.1 Å². The lowest BCUT2D eigenvalue weighted by atomic mass is 9.76. The quantitative estimate of drug-likeness (QED) is 0.855. The van der Waals surface area contributed by atoms with E-state index >= 15 is 0 Å². The van der Waals surface area contributed by atoms with Gasteiger partial charge in [0.15, 0.2) is 5.82 Å². The van der Waals surface area contributed by atoms with Crippen LogP contribution >= 0.6 is 0 Å². The maximum absolute atomic E-state index is 11.9. The molecule has 0 atom stereocenters. The molecule has 110 valence electrons. The van der Waals surface area contributed by atoms with E-state index in [2.05, 4.69) is 15.5 Å². The second-order valence-corrected chi connectivity index (χ2v) is 5.85. The van der Waals surface area contributed by atoms with Gasteiger partial charge in [0.25, 0.3) is 0 Å². The van der Waals surface area contributed by atoms with Crippen molar-refractivity contribution in [3.8, 4) is 0 Å². The zero-order chi connectivity index (χ0) is 15.0. The molecule has 8 heteroatoms. The average Bonchev–Trinajstić information content (AvgIpc) is 2.70. The second-order valence-electron chi connectivity index (χ2n) is 5.85. The fourth-order valence-corrected chi connectivity index (χ4v) is 1.95. The van der Waals surface area contributed by atoms with E-state index in [0.717, 1.165) is 6.42 Å². The summed E-state index contributed by atoms with van der Waals surface area (Å²) in [4.78, 5) is 26.8. The van der Waals surface area contributed by atoms with Gasteiger partial charge in [0.05, 0.1) is 0 Å². The molecule has 0 bridgehead atoms. The number of hydrogen-bond donors (Lipinski definition) is 2. The summed E-state index contributed by atoms with van der Waals surface area (Å²) in [7, 11) is 0. The number of nitrogens with one attached hydrogen (secondary N) is 1. The first-order valence-electron chi connectivity index (χ1n) is 6.37. The Bertz CT molecular complexity index is 528. The molecular formula is C12H18N4O4. The van der Waals surface area contributed by atoms with E-state index in [1.807, 2.05) is 0 Å². The molecule has 0 saturated heterocycles. The minimum Gasteiger partial charge on any atom is -0.444 e. The molecule has 1 aliphatic rings. The monoisotopic (exact) mass is 282 g/mol. The van der Waals surface area contributed by atoms with Crippen molar-refractivity contribution in [2.24, 2.45) is 5.73 Å². The minimum absolute atomic E-state index is 0.253. The summed E-state index contributed by atoms with van der Waals surface area (Å²) in [6.45, 7) is 5.33. The van der Waals surface area contributed by atoms with Crippen LogP contribution in [-0.4, -0.2) is 27.7 Å². The lowest BCUT2D eigenvalue weighted by molar-refractivity contribution is 0.0361. The van der Waals surface area contributed by atoms with Gasteiger partial charge in [-0.3, -0.25) is 4.79 Å². The fraction of sp³-hybridized carbons (Fsp3) is 0.667. The van der Waals surface area contributed by atoms with Crippen LogP contribution in [0.4, 0.5) is 4.79 Å². The highest BCUT2D eigenvalue weighted by atomic mass is 16.6. The van der Waals surface area contributed by atoms with Crippen LogP contribution < -0.4 is 11.1 Å². The number of ether oxygens (including phenoxy) is 1. The molecule has 0 aromatic carbocycles. The predicted octanol–water partition coefficient (Wildman–Crippen LogP) is 1.07. The Balaban J connectivity index is 2.13. The Morgan fingerprint density at radius 1 is 1.40 bits per heavy atom.